The average Bonchev–Trinajstić information content (AvgIpc) is 2.79. The fourth-order valence-electron chi connectivity index (χ4n) is 3.15. The van der Waals surface area contributed by atoms with E-state index in [4.69, 9.17) is 0 Å². The third-order valence-corrected chi connectivity index (χ3v) is 4.68. The van der Waals surface area contributed by atoms with Gasteiger partial charge < -0.3 is 0 Å². The topological polar surface area (TPSA) is 27.0 Å². The van der Waals surface area contributed by atoms with E-state index in [1.165, 1.54) is 12.1 Å². The summed E-state index contributed by atoms with van der Waals surface area (Å²) in [7, 11) is 0. The van der Waals surface area contributed by atoms with Crippen molar-refractivity contribution in [1.29, 1.82) is 5.26 Å². The molecular formula is C17H22F2N2. The zero-order valence-corrected chi connectivity index (χ0v) is 13.1. The third kappa shape index (κ3) is 2.80. The van der Waals surface area contributed by atoms with Crippen molar-refractivity contribution in [1.82, 2.24) is 4.90 Å². The number of benzene rings is 1. The summed E-state index contributed by atoms with van der Waals surface area (Å²) in [6.45, 7) is 9.47. The van der Waals surface area contributed by atoms with E-state index >= 15 is 0 Å². The first kappa shape index (κ1) is 15.9. The van der Waals surface area contributed by atoms with Crippen LogP contribution in [0.2, 0.25) is 0 Å². The molecule has 0 radical (unpaired) electrons. The molecule has 0 aliphatic carbocycles. The normalized spacial score (nSPS) is 26.8. The first-order chi connectivity index (χ1) is 9.73. The van der Waals surface area contributed by atoms with Gasteiger partial charge in [0.25, 0.3) is 0 Å². The molecule has 0 unspecified atom stereocenters. The van der Waals surface area contributed by atoms with Crippen LogP contribution in [0.25, 0.3) is 0 Å². The molecule has 1 saturated heterocycles. The number of halogens is 2. The molecule has 114 valence electrons. The van der Waals surface area contributed by atoms with Crippen molar-refractivity contribution in [3.63, 3.8) is 0 Å². The Kier molecular flexibility index (Phi) is 4.08. The highest BCUT2D eigenvalue weighted by Gasteiger charge is 2.49. The van der Waals surface area contributed by atoms with Crippen molar-refractivity contribution in [3.05, 3.63) is 35.4 Å². The minimum Gasteiger partial charge on any atom is -0.296 e. The molecule has 1 aliphatic heterocycles. The largest absolute Gasteiger partial charge is 0.296 e. The standard InChI is InChI=1S/C17H22F2N2/c1-5-17(10-20)11-21(16(2,3)4)9-14(17)13-7-6-12(18)8-15(13)19/h6-8,14H,5,9,11H2,1-4H3/t14-,17-/m0/s1. The van der Waals surface area contributed by atoms with Crippen molar-refractivity contribution >= 4 is 0 Å². The van der Waals surface area contributed by atoms with Crippen LogP contribution in [0, 0.1) is 28.4 Å². The van der Waals surface area contributed by atoms with E-state index in [1.54, 1.807) is 0 Å². The summed E-state index contributed by atoms with van der Waals surface area (Å²) < 4.78 is 27.3. The van der Waals surface area contributed by atoms with E-state index in [1.807, 2.05) is 6.92 Å². The molecule has 0 N–H and O–H groups in total. The highest BCUT2D eigenvalue weighted by atomic mass is 19.1. The number of nitrogens with zero attached hydrogens (tertiary/aromatic N) is 2. The Hall–Kier alpha value is -1.47. The Morgan fingerprint density at radius 2 is 2.05 bits per heavy atom. The van der Waals surface area contributed by atoms with Gasteiger partial charge in [-0.3, -0.25) is 4.90 Å². The van der Waals surface area contributed by atoms with Gasteiger partial charge in [-0.25, -0.2) is 8.78 Å². The lowest BCUT2D eigenvalue weighted by atomic mass is 9.73. The van der Waals surface area contributed by atoms with Crippen LogP contribution >= 0.6 is 0 Å². The van der Waals surface area contributed by atoms with E-state index in [0.29, 0.717) is 25.1 Å². The van der Waals surface area contributed by atoms with Crippen molar-refractivity contribution in [2.45, 2.75) is 45.6 Å². The first-order valence-electron chi connectivity index (χ1n) is 7.35. The Balaban J connectivity index is 2.47. The number of rotatable bonds is 2. The van der Waals surface area contributed by atoms with E-state index in [2.05, 4.69) is 31.7 Å². The van der Waals surface area contributed by atoms with Gasteiger partial charge >= 0.3 is 0 Å². The molecule has 2 atom stereocenters. The van der Waals surface area contributed by atoms with Crippen molar-refractivity contribution in [3.8, 4) is 6.07 Å². The second kappa shape index (κ2) is 5.38. The molecule has 1 aromatic carbocycles. The summed E-state index contributed by atoms with van der Waals surface area (Å²) in [4.78, 5) is 2.22. The fraction of sp³-hybridized carbons (Fsp3) is 0.588. The van der Waals surface area contributed by atoms with Crippen molar-refractivity contribution in [2.75, 3.05) is 13.1 Å². The molecule has 1 fully saturated rings. The Morgan fingerprint density at radius 1 is 1.38 bits per heavy atom. The molecule has 2 nitrogen and oxygen atoms in total. The maximum atomic E-state index is 14.2. The SMILES string of the molecule is CC[C@]1(C#N)CN(C(C)(C)C)C[C@H]1c1ccc(F)cc1F. The van der Waals surface area contributed by atoms with Crippen LogP contribution in [-0.2, 0) is 0 Å². The summed E-state index contributed by atoms with van der Waals surface area (Å²) >= 11 is 0. The summed E-state index contributed by atoms with van der Waals surface area (Å²) in [5.74, 6) is -1.36. The van der Waals surface area contributed by atoms with Gasteiger partial charge in [0.05, 0.1) is 11.5 Å². The molecule has 0 spiro atoms. The Labute approximate surface area is 125 Å². The van der Waals surface area contributed by atoms with Crippen LogP contribution in [0.4, 0.5) is 8.78 Å². The fourth-order valence-corrected chi connectivity index (χ4v) is 3.15. The van der Waals surface area contributed by atoms with Crippen LogP contribution in [0.15, 0.2) is 18.2 Å². The second-order valence-electron chi connectivity index (χ2n) is 6.89. The van der Waals surface area contributed by atoms with Crippen LogP contribution in [0.3, 0.4) is 0 Å². The molecule has 0 bridgehead atoms. The summed E-state index contributed by atoms with van der Waals surface area (Å²) in [6.07, 6.45) is 0.650. The number of nitriles is 1. The van der Waals surface area contributed by atoms with Crippen LogP contribution < -0.4 is 0 Å². The molecule has 0 amide bonds. The first-order valence-corrected chi connectivity index (χ1v) is 7.35. The smallest absolute Gasteiger partial charge is 0.129 e. The maximum absolute atomic E-state index is 14.2. The number of hydrogen-bond acceptors (Lipinski definition) is 2. The summed E-state index contributed by atoms with van der Waals surface area (Å²) in [5.41, 5.74) is -0.249. The molecular weight excluding hydrogens is 270 g/mol. The van der Waals surface area contributed by atoms with Crippen molar-refractivity contribution < 1.29 is 8.78 Å². The van der Waals surface area contributed by atoms with Crippen LogP contribution in [0.5, 0.6) is 0 Å². The molecule has 21 heavy (non-hydrogen) atoms. The minimum atomic E-state index is -0.619. The average molecular weight is 292 g/mol. The zero-order valence-electron chi connectivity index (χ0n) is 13.1. The van der Waals surface area contributed by atoms with Gasteiger partial charge in [-0.05, 0) is 38.8 Å². The van der Waals surface area contributed by atoms with Gasteiger partial charge in [0.2, 0.25) is 0 Å². The molecule has 4 heteroatoms. The maximum Gasteiger partial charge on any atom is 0.129 e. The molecule has 1 aliphatic rings. The van der Waals surface area contributed by atoms with Gasteiger partial charge in [0.15, 0.2) is 0 Å². The molecule has 0 aromatic heterocycles. The van der Waals surface area contributed by atoms with Crippen LogP contribution in [0.1, 0.15) is 45.6 Å². The van der Waals surface area contributed by atoms with Gasteiger partial charge in [-0.15, -0.1) is 0 Å². The van der Waals surface area contributed by atoms with Gasteiger partial charge in [0, 0.05) is 30.6 Å². The Bertz CT molecular complexity index is 571. The molecule has 1 heterocycles. The third-order valence-electron chi connectivity index (χ3n) is 4.68. The predicted octanol–water partition coefficient (Wildman–Crippen LogP) is 4.08. The van der Waals surface area contributed by atoms with Gasteiger partial charge in [-0.2, -0.15) is 5.26 Å². The minimum absolute atomic E-state index is 0.0808. The van der Waals surface area contributed by atoms with Gasteiger partial charge in [-0.1, -0.05) is 13.0 Å². The lowest BCUT2D eigenvalue weighted by Gasteiger charge is -2.32. The Morgan fingerprint density at radius 3 is 2.52 bits per heavy atom. The van der Waals surface area contributed by atoms with E-state index in [0.717, 1.165) is 6.07 Å². The van der Waals surface area contributed by atoms with Crippen LogP contribution in [-0.4, -0.2) is 23.5 Å². The predicted molar refractivity (Wildman–Crippen MR) is 78.8 cm³/mol. The molecule has 1 aromatic rings. The van der Waals surface area contributed by atoms with E-state index in [9.17, 15) is 14.0 Å². The number of hydrogen-bond donors (Lipinski definition) is 0. The quantitative estimate of drug-likeness (QED) is 0.821. The van der Waals surface area contributed by atoms with Crippen molar-refractivity contribution in [2.24, 2.45) is 5.41 Å². The lowest BCUT2D eigenvalue weighted by molar-refractivity contribution is 0.159. The number of likely N-dealkylation sites (tertiary alicyclic amines) is 1. The highest BCUT2D eigenvalue weighted by Crippen LogP contribution is 2.47. The summed E-state index contributed by atoms with van der Waals surface area (Å²) in [6, 6.07) is 6.09. The molecule has 0 saturated carbocycles. The van der Waals surface area contributed by atoms with E-state index < -0.39 is 17.0 Å². The zero-order chi connectivity index (χ0) is 15.8. The second-order valence-corrected chi connectivity index (χ2v) is 6.89. The summed E-state index contributed by atoms with van der Waals surface area (Å²) in [5, 5.41) is 9.70. The van der Waals surface area contributed by atoms with Gasteiger partial charge in [0.1, 0.15) is 11.6 Å². The monoisotopic (exact) mass is 292 g/mol. The highest BCUT2D eigenvalue weighted by molar-refractivity contribution is 5.31. The molecule has 2 rings (SSSR count). The van der Waals surface area contributed by atoms with E-state index in [-0.39, 0.29) is 11.5 Å². The lowest BCUT2D eigenvalue weighted by Crippen LogP contribution is -2.40.